The molecule has 1 aromatic heterocycles. The Morgan fingerprint density at radius 2 is 1.69 bits per heavy atom. The van der Waals surface area contributed by atoms with E-state index in [0.29, 0.717) is 42.5 Å². The number of furan rings is 1. The van der Waals surface area contributed by atoms with Crippen LogP contribution in [0.15, 0.2) is 65.3 Å². The fourth-order valence-corrected chi connectivity index (χ4v) is 4.55. The third kappa shape index (κ3) is 8.10. The van der Waals surface area contributed by atoms with Gasteiger partial charge in [0.1, 0.15) is 12.3 Å². The lowest BCUT2D eigenvalue weighted by molar-refractivity contribution is -0.133. The van der Waals surface area contributed by atoms with Gasteiger partial charge in [0.25, 0.3) is 5.91 Å². The predicted molar refractivity (Wildman–Crippen MR) is 148 cm³/mol. The molecule has 2 amide bonds. The van der Waals surface area contributed by atoms with Crippen molar-refractivity contribution < 1.29 is 28.2 Å². The van der Waals surface area contributed by atoms with Crippen molar-refractivity contribution >= 4 is 11.8 Å². The number of carbonyl (C=O) groups excluding carboxylic acids is 2. The maximum atomic E-state index is 13.6. The molecule has 0 saturated heterocycles. The molecule has 0 aliphatic carbocycles. The van der Waals surface area contributed by atoms with Gasteiger partial charge in [-0.2, -0.15) is 0 Å². The Morgan fingerprint density at radius 1 is 0.897 bits per heavy atom. The molecule has 3 aromatic rings. The van der Waals surface area contributed by atoms with E-state index in [9.17, 15) is 9.59 Å². The van der Waals surface area contributed by atoms with Crippen LogP contribution in [-0.2, 0) is 29.0 Å². The van der Waals surface area contributed by atoms with E-state index < -0.39 is 0 Å². The van der Waals surface area contributed by atoms with Gasteiger partial charge in [-0.1, -0.05) is 44.4 Å². The number of amides is 2. The monoisotopic (exact) mass is 534 g/mol. The SMILES string of the molecule is CCCCCCc1ccc(C(=O)N(CCOC)CC(=O)N(Cc2ccc3c(c2)OCO3)Cc2ccco2)cc1. The smallest absolute Gasteiger partial charge is 0.254 e. The van der Waals surface area contributed by atoms with E-state index in [1.807, 2.05) is 48.5 Å². The molecule has 4 rings (SSSR count). The molecule has 0 fully saturated rings. The van der Waals surface area contributed by atoms with E-state index in [-0.39, 0.29) is 31.7 Å². The summed E-state index contributed by atoms with van der Waals surface area (Å²) in [5.41, 5.74) is 2.67. The Morgan fingerprint density at radius 3 is 2.44 bits per heavy atom. The second-order valence-electron chi connectivity index (χ2n) is 9.74. The average molecular weight is 535 g/mol. The van der Waals surface area contributed by atoms with Crippen molar-refractivity contribution in [2.45, 2.75) is 52.1 Å². The highest BCUT2D eigenvalue weighted by Crippen LogP contribution is 2.33. The van der Waals surface area contributed by atoms with Gasteiger partial charge in [-0.15, -0.1) is 0 Å². The van der Waals surface area contributed by atoms with Gasteiger partial charge in [0, 0.05) is 25.8 Å². The quantitative estimate of drug-likeness (QED) is 0.241. The predicted octanol–water partition coefficient (Wildman–Crippen LogP) is 5.45. The van der Waals surface area contributed by atoms with Gasteiger partial charge in [-0.3, -0.25) is 9.59 Å². The number of unbranched alkanes of at least 4 members (excludes halogenated alkanes) is 3. The van der Waals surface area contributed by atoms with E-state index in [0.717, 1.165) is 18.4 Å². The zero-order valence-electron chi connectivity index (χ0n) is 22.9. The van der Waals surface area contributed by atoms with Crippen LogP contribution in [0, 0.1) is 0 Å². The minimum absolute atomic E-state index is 0.0772. The molecular formula is C31H38N2O6. The maximum Gasteiger partial charge on any atom is 0.254 e. The molecule has 2 aromatic carbocycles. The molecule has 0 radical (unpaired) electrons. The zero-order chi connectivity index (χ0) is 27.5. The Labute approximate surface area is 230 Å². The number of carbonyl (C=O) groups is 2. The lowest BCUT2D eigenvalue weighted by atomic mass is 10.0. The second kappa shape index (κ2) is 14.4. The number of ether oxygens (including phenoxy) is 3. The minimum atomic E-state index is -0.195. The highest BCUT2D eigenvalue weighted by atomic mass is 16.7. The van der Waals surface area contributed by atoms with E-state index in [4.69, 9.17) is 18.6 Å². The van der Waals surface area contributed by atoms with Gasteiger partial charge in [-0.05, 0) is 60.4 Å². The first-order valence-electron chi connectivity index (χ1n) is 13.6. The van der Waals surface area contributed by atoms with Crippen molar-refractivity contribution in [3.05, 3.63) is 83.3 Å². The second-order valence-corrected chi connectivity index (χ2v) is 9.74. The molecule has 0 saturated carbocycles. The Balaban J connectivity index is 1.46. The molecule has 1 aliphatic heterocycles. The number of fused-ring (bicyclic) bond motifs is 1. The molecular weight excluding hydrogens is 496 g/mol. The van der Waals surface area contributed by atoms with E-state index in [1.54, 1.807) is 29.2 Å². The van der Waals surface area contributed by atoms with Gasteiger partial charge in [0.15, 0.2) is 11.5 Å². The normalized spacial score (nSPS) is 11.9. The summed E-state index contributed by atoms with van der Waals surface area (Å²) in [7, 11) is 1.58. The first kappa shape index (κ1) is 28.2. The third-order valence-electron chi connectivity index (χ3n) is 6.79. The third-order valence-corrected chi connectivity index (χ3v) is 6.79. The number of hydrogen-bond donors (Lipinski definition) is 0. The van der Waals surface area contributed by atoms with Crippen molar-refractivity contribution in [2.24, 2.45) is 0 Å². The van der Waals surface area contributed by atoms with E-state index in [1.165, 1.54) is 24.8 Å². The lowest BCUT2D eigenvalue weighted by Crippen LogP contribution is -2.43. The number of benzene rings is 2. The minimum Gasteiger partial charge on any atom is -0.467 e. The highest BCUT2D eigenvalue weighted by molar-refractivity contribution is 5.96. The largest absolute Gasteiger partial charge is 0.467 e. The summed E-state index contributed by atoms with van der Waals surface area (Å²) in [4.78, 5) is 30.3. The van der Waals surface area contributed by atoms with Crippen LogP contribution in [0.2, 0.25) is 0 Å². The standard InChI is InChI=1S/C31H38N2O6/c1-3-4-5-6-8-24-10-13-26(14-11-24)31(35)32(16-18-36-2)22-30(34)33(21-27-9-7-17-37-27)20-25-12-15-28-29(19-25)39-23-38-28/h7,9-15,17,19H,3-6,8,16,18,20-23H2,1-2H3. The van der Waals surface area contributed by atoms with Crippen molar-refractivity contribution in [3.63, 3.8) is 0 Å². The molecule has 0 spiro atoms. The lowest BCUT2D eigenvalue weighted by Gasteiger charge is -2.27. The van der Waals surface area contributed by atoms with Gasteiger partial charge in [0.05, 0.1) is 19.4 Å². The molecule has 208 valence electrons. The molecule has 39 heavy (non-hydrogen) atoms. The van der Waals surface area contributed by atoms with Crippen LogP contribution in [-0.4, -0.2) is 55.2 Å². The fourth-order valence-electron chi connectivity index (χ4n) is 4.55. The van der Waals surface area contributed by atoms with Crippen molar-refractivity contribution in [1.29, 1.82) is 0 Å². The maximum absolute atomic E-state index is 13.6. The van der Waals surface area contributed by atoms with Crippen LogP contribution in [0.5, 0.6) is 11.5 Å². The zero-order valence-corrected chi connectivity index (χ0v) is 22.9. The van der Waals surface area contributed by atoms with Crippen LogP contribution in [0.25, 0.3) is 0 Å². The number of nitrogens with zero attached hydrogens (tertiary/aromatic N) is 2. The molecule has 1 aliphatic rings. The number of aryl methyl sites for hydroxylation is 1. The van der Waals surface area contributed by atoms with Gasteiger partial charge in [-0.25, -0.2) is 0 Å². The van der Waals surface area contributed by atoms with Crippen molar-refractivity contribution in [1.82, 2.24) is 9.80 Å². The van der Waals surface area contributed by atoms with E-state index >= 15 is 0 Å². The molecule has 0 bridgehead atoms. The summed E-state index contributed by atoms with van der Waals surface area (Å²) >= 11 is 0. The number of rotatable bonds is 15. The summed E-state index contributed by atoms with van der Waals surface area (Å²) in [5.74, 6) is 1.61. The summed E-state index contributed by atoms with van der Waals surface area (Å²) in [6, 6.07) is 17.0. The first-order chi connectivity index (χ1) is 19.1. The average Bonchev–Trinajstić information content (AvgIpc) is 3.65. The van der Waals surface area contributed by atoms with Crippen molar-refractivity contribution in [3.8, 4) is 11.5 Å². The molecule has 2 heterocycles. The Hall–Kier alpha value is -3.78. The summed E-state index contributed by atoms with van der Waals surface area (Å²) < 4.78 is 21.7. The van der Waals surface area contributed by atoms with Gasteiger partial charge in [0.2, 0.25) is 12.7 Å². The molecule has 0 N–H and O–H groups in total. The van der Waals surface area contributed by atoms with Gasteiger partial charge < -0.3 is 28.4 Å². The van der Waals surface area contributed by atoms with Crippen LogP contribution < -0.4 is 9.47 Å². The van der Waals surface area contributed by atoms with Gasteiger partial charge >= 0.3 is 0 Å². The fraction of sp³-hybridized carbons (Fsp3) is 0.419. The topological polar surface area (TPSA) is 81.5 Å². The summed E-state index contributed by atoms with van der Waals surface area (Å²) in [6.45, 7) is 3.55. The van der Waals surface area contributed by atoms with Crippen LogP contribution in [0.4, 0.5) is 0 Å². The number of methoxy groups -OCH3 is 1. The van der Waals surface area contributed by atoms with Crippen LogP contribution in [0.1, 0.15) is 59.9 Å². The summed E-state index contributed by atoms with van der Waals surface area (Å²) in [6.07, 6.45) is 7.39. The number of hydrogen-bond acceptors (Lipinski definition) is 6. The molecule has 8 heteroatoms. The Kier molecular flexibility index (Phi) is 10.4. The molecule has 0 unspecified atom stereocenters. The van der Waals surface area contributed by atoms with Crippen LogP contribution in [0.3, 0.4) is 0 Å². The van der Waals surface area contributed by atoms with E-state index in [2.05, 4.69) is 6.92 Å². The molecule has 8 nitrogen and oxygen atoms in total. The first-order valence-corrected chi connectivity index (χ1v) is 13.6. The highest BCUT2D eigenvalue weighted by Gasteiger charge is 2.24. The van der Waals surface area contributed by atoms with Crippen LogP contribution >= 0.6 is 0 Å². The summed E-state index contributed by atoms with van der Waals surface area (Å²) in [5, 5.41) is 0. The molecule has 0 atom stereocenters. The van der Waals surface area contributed by atoms with Crippen molar-refractivity contribution in [2.75, 3.05) is 33.6 Å². The Bertz CT molecular complexity index is 1190.